The van der Waals surface area contributed by atoms with Crippen LogP contribution in [0.3, 0.4) is 0 Å². The number of aromatic nitrogens is 2. The van der Waals surface area contributed by atoms with Gasteiger partial charge in [0.25, 0.3) is 5.91 Å². The van der Waals surface area contributed by atoms with Crippen molar-refractivity contribution in [1.82, 2.24) is 9.78 Å². The van der Waals surface area contributed by atoms with Crippen molar-refractivity contribution in [3.05, 3.63) is 52.8 Å². The Morgan fingerprint density at radius 2 is 2.17 bits per heavy atom. The maximum atomic E-state index is 12.9. The lowest BCUT2D eigenvalue weighted by Crippen LogP contribution is -2.22. The van der Waals surface area contributed by atoms with E-state index in [0.29, 0.717) is 6.61 Å². The number of carbonyl (C=O) groups excluding carboxylic acids is 2. The molecule has 0 saturated heterocycles. The third-order valence-electron chi connectivity index (χ3n) is 4.26. The monoisotopic (exact) mass is 312 g/mol. The number of esters is 1. The molecule has 5 heteroatoms. The molecule has 23 heavy (non-hydrogen) atoms. The van der Waals surface area contributed by atoms with Gasteiger partial charge in [0.2, 0.25) is 0 Å². The van der Waals surface area contributed by atoms with Crippen molar-refractivity contribution in [1.29, 1.82) is 0 Å². The average molecular weight is 312 g/mol. The highest BCUT2D eigenvalue weighted by atomic mass is 16.5. The van der Waals surface area contributed by atoms with Crippen molar-refractivity contribution in [2.24, 2.45) is 0 Å². The van der Waals surface area contributed by atoms with E-state index in [2.05, 4.69) is 5.10 Å². The van der Waals surface area contributed by atoms with Crippen molar-refractivity contribution < 1.29 is 14.3 Å². The number of carbonyl (C=O) groups is 2. The second kappa shape index (κ2) is 6.36. The Labute approximate surface area is 135 Å². The fraction of sp³-hybridized carbons (Fsp3) is 0.389. The molecule has 0 spiro atoms. The molecule has 1 aromatic heterocycles. The molecule has 1 atom stereocenters. The molecule has 0 amide bonds. The molecule has 0 N–H and O–H groups in total. The summed E-state index contributed by atoms with van der Waals surface area (Å²) in [7, 11) is 0. The van der Waals surface area contributed by atoms with Crippen molar-refractivity contribution in [2.75, 3.05) is 6.61 Å². The van der Waals surface area contributed by atoms with E-state index >= 15 is 0 Å². The molecule has 1 unspecified atom stereocenters. The lowest BCUT2D eigenvalue weighted by molar-refractivity contribution is 0.0518. The second-order valence-electron chi connectivity index (χ2n) is 5.79. The molecular weight excluding hydrogens is 292 g/mol. The number of benzene rings is 1. The van der Waals surface area contributed by atoms with Crippen LogP contribution in [0.4, 0.5) is 0 Å². The first-order valence-corrected chi connectivity index (χ1v) is 7.97. The van der Waals surface area contributed by atoms with Gasteiger partial charge in [0.15, 0.2) is 5.69 Å². The maximum absolute atomic E-state index is 12.9. The number of nitrogens with zero attached hydrogens (tertiary/aromatic N) is 2. The van der Waals surface area contributed by atoms with E-state index in [9.17, 15) is 9.59 Å². The minimum absolute atomic E-state index is 0.0673. The first-order chi connectivity index (χ1) is 11.1. The zero-order chi connectivity index (χ0) is 16.4. The zero-order valence-corrected chi connectivity index (χ0v) is 13.4. The van der Waals surface area contributed by atoms with Gasteiger partial charge < -0.3 is 4.74 Å². The van der Waals surface area contributed by atoms with Gasteiger partial charge in [-0.25, -0.2) is 9.48 Å². The molecule has 1 aromatic carbocycles. The lowest BCUT2D eigenvalue weighted by atomic mass is 9.90. The highest BCUT2D eigenvalue weighted by Crippen LogP contribution is 2.30. The molecule has 0 saturated carbocycles. The van der Waals surface area contributed by atoms with E-state index in [1.807, 2.05) is 31.2 Å². The van der Waals surface area contributed by atoms with Gasteiger partial charge in [0.1, 0.15) is 0 Å². The Morgan fingerprint density at radius 3 is 2.91 bits per heavy atom. The molecule has 3 rings (SSSR count). The Kier molecular flexibility index (Phi) is 4.28. The van der Waals surface area contributed by atoms with Gasteiger partial charge in [-0.3, -0.25) is 4.79 Å². The van der Waals surface area contributed by atoms with Crippen molar-refractivity contribution >= 4 is 11.9 Å². The van der Waals surface area contributed by atoms with Crippen molar-refractivity contribution in [2.45, 2.75) is 39.0 Å². The van der Waals surface area contributed by atoms with E-state index in [1.165, 1.54) is 4.68 Å². The minimum atomic E-state index is -0.478. The second-order valence-corrected chi connectivity index (χ2v) is 5.79. The van der Waals surface area contributed by atoms with Gasteiger partial charge in [0.05, 0.1) is 12.5 Å². The molecule has 120 valence electrons. The first-order valence-electron chi connectivity index (χ1n) is 7.97. The molecule has 1 aliphatic heterocycles. The normalized spacial score (nSPS) is 17.5. The van der Waals surface area contributed by atoms with Crippen LogP contribution in [0.15, 0.2) is 30.3 Å². The topological polar surface area (TPSA) is 61.2 Å². The van der Waals surface area contributed by atoms with Crippen molar-refractivity contribution in [3.63, 3.8) is 0 Å². The van der Waals surface area contributed by atoms with Crippen LogP contribution in [0.1, 0.15) is 57.8 Å². The van der Waals surface area contributed by atoms with Gasteiger partial charge in [-0.2, -0.15) is 5.10 Å². The SMILES string of the molecule is CCOC(=O)c1cc2n(n1)C(=O)C(c1ccccc1C)CCC2. The lowest BCUT2D eigenvalue weighted by Gasteiger charge is -2.16. The summed E-state index contributed by atoms with van der Waals surface area (Å²) < 4.78 is 6.38. The van der Waals surface area contributed by atoms with E-state index in [0.717, 1.165) is 36.1 Å². The van der Waals surface area contributed by atoms with E-state index in [1.54, 1.807) is 13.0 Å². The molecule has 5 nitrogen and oxygen atoms in total. The minimum Gasteiger partial charge on any atom is -0.461 e. The van der Waals surface area contributed by atoms with Crippen LogP contribution < -0.4 is 0 Å². The van der Waals surface area contributed by atoms with E-state index in [4.69, 9.17) is 4.74 Å². The number of rotatable bonds is 3. The van der Waals surface area contributed by atoms with E-state index in [-0.39, 0.29) is 17.5 Å². The van der Waals surface area contributed by atoms with Crippen molar-refractivity contribution in [3.8, 4) is 0 Å². The molecule has 2 heterocycles. The van der Waals surface area contributed by atoms with Crippen LogP contribution in [0.2, 0.25) is 0 Å². The summed E-state index contributed by atoms with van der Waals surface area (Å²) in [5, 5.41) is 4.21. The van der Waals surface area contributed by atoms with Crippen LogP contribution in [0, 0.1) is 6.92 Å². The molecule has 0 radical (unpaired) electrons. The Bertz CT molecular complexity index is 748. The third-order valence-corrected chi connectivity index (χ3v) is 4.26. The van der Waals surface area contributed by atoms with Gasteiger partial charge in [-0.15, -0.1) is 0 Å². The number of hydrogen-bond acceptors (Lipinski definition) is 4. The summed E-state index contributed by atoms with van der Waals surface area (Å²) in [6.07, 6.45) is 2.42. The molecule has 1 aliphatic rings. The number of fused-ring (bicyclic) bond motifs is 1. The van der Waals surface area contributed by atoms with Crippen LogP contribution in [-0.4, -0.2) is 28.3 Å². The highest BCUT2D eigenvalue weighted by Gasteiger charge is 2.30. The summed E-state index contributed by atoms with van der Waals surface area (Å²) in [6, 6.07) is 9.61. The van der Waals surface area contributed by atoms with Gasteiger partial charge in [-0.05, 0) is 50.3 Å². The average Bonchev–Trinajstić information content (AvgIpc) is 2.90. The first kappa shape index (κ1) is 15.5. The third kappa shape index (κ3) is 2.91. The van der Waals surface area contributed by atoms with Crippen LogP contribution in [0.25, 0.3) is 0 Å². The largest absolute Gasteiger partial charge is 0.461 e. The quantitative estimate of drug-likeness (QED) is 0.817. The Morgan fingerprint density at radius 1 is 1.39 bits per heavy atom. The Balaban J connectivity index is 1.96. The van der Waals surface area contributed by atoms with Crippen LogP contribution in [-0.2, 0) is 11.2 Å². The highest BCUT2D eigenvalue weighted by molar-refractivity contribution is 5.90. The maximum Gasteiger partial charge on any atom is 0.358 e. The standard InChI is InChI=1S/C18H20N2O3/c1-3-23-18(22)16-11-13-8-6-10-15(17(21)20(13)19-16)14-9-5-4-7-12(14)2/h4-5,7,9,11,15H,3,6,8,10H2,1-2H3. The molecule has 0 bridgehead atoms. The van der Waals surface area contributed by atoms with Crippen LogP contribution >= 0.6 is 0 Å². The summed E-state index contributed by atoms with van der Waals surface area (Å²) in [4.78, 5) is 24.8. The predicted octanol–water partition coefficient (Wildman–Crippen LogP) is 3.13. The summed E-state index contributed by atoms with van der Waals surface area (Å²) >= 11 is 0. The summed E-state index contributed by atoms with van der Waals surface area (Å²) in [5.41, 5.74) is 3.14. The fourth-order valence-electron chi connectivity index (χ4n) is 3.12. The van der Waals surface area contributed by atoms with Crippen LogP contribution in [0.5, 0.6) is 0 Å². The van der Waals surface area contributed by atoms with Gasteiger partial charge in [-0.1, -0.05) is 24.3 Å². The Hall–Kier alpha value is -2.43. The van der Waals surface area contributed by atoms with Gasteiger partial charge >= 0.3 is 5.97 Å². The smallest absolute Gasteiger partial charge is 0.358 e. The van der Waals surface area contributed by atoms with E-state index < -0.39 is 5.97 Å². The molecule has 2 aromatic rings. The molecular formula is C18H20N2O3. The van der Waals surface area contributed by atoms with Gasteiger partial charge in [0, 0.05) is 5.69 Å². The molecule has 0 fully saturated rings. The number of ether oxygens (including phenoxy) is 1. The summed E-state index contributed by atoms with van der Waals surface area (Å²) in [5.74, 6) is -0.761. The fourth-order valence-corrected chi connectivity index (χ4v) is 3.12. The molecule has 0 aliphatic carbocycles. The summed E-state index contributed by atoms with van der Waals surface area (Å²) in [6.45, 7) is 4.06. The number of aryl methyl sites for hydroxylation is 2. The predicted molar refractivity (Wildman–Crippen MR) is 85.7 cm³/mol. The number of hydrogen-bond donors (Lipinski definition) is 0. The zero-order valence-electron chi connectivity index (χ0n) is 13.4.